The molecule has 0 saturated heterocycles. The van der Waals surface area contributed by atoms with Crippen LogP contribution in [0.25, 0.3) is 5.53 Å². The largest absolute Gasteiger partial charge is 0.394 e. The molecule has 0 amide bonds. The molecular weight excluding hydrogens is 228 g/mol. The number of hydrogen-bond acceptors (Lipinski definition) is 3. The molecule has 0 aromatic rings. The molecule has 0 aromatic carbocycles. The summed E-state index contributed by atoms with van der Waals surface area (Å²) < 4.78 is 23.1. The number of Topliss-reactive ketones (excluding diaryl/α,β-unsaturated/α-hetero) is 1. The van der Waals surface area contributed by atoms with Crippen molar-refractivity contribution in [3.63, 3.8) is 0 Å². The quantitative estimate of drug-likeness (QED) is 0.319. The van der Waals surface area contributed by atoms with Crippen molar-refractivity contribution in [2.24, 2.45) is 5.41 Å². The lowest BCUT2D eigenvalue weighted by Crippen LogP contribution is -2.45. The minimum atomic E-state index is -3.81. The van der Waals surface area contributed by atoms with Gasteiger partial charge in [-0.15, -0.1) is 0 Å². The molecule has 0 aliphatic heterocycles. The summed E-state index contributed by atoms with van der Waals surface area (Å²) in [5, 5.41) is -0.486. The SMILES string of the molecule is CC(=O)C(C)(C)C(=[N+]=[N-])S(=O)(=O)C(C)(C)C. The Labute approximate surface area is 96.4 Å². The number of sulfone groups is 1. The fraction of sp³-hybridized carbons (Fsp3) is 0.800. The zero-order valence-corrected chi connectivity index (χ0v) is 11.3. The van der Waals surface area contributed by atoms with Crippen LogP contribution in [0.4, 0.5) is 0 Å². The highest BCUT2D eigenvalue weighted by molar-refractivity contribution is 8.07. The molecule has 0 rings (SSSR count). The number of rotatable bonds is 2. The molecule has 0 saturated carbocycles. The Morgan fingerprint density at radius 2 is 1.50 bits per heavy atom. The van der Waals surface area contributed by atoms with Crippen LogP contribution < -0.4 is 0 Å². The zero-order chi connectivity index (χ0) is 13.4. The Hall–Kier alpha value is -1.00. The van der Waals surface area contributed by atoms with E-state index < -0.39 is 25.0 Å². The molecule has 92 valence electrons. The summed E-state index contributed by atoms with van der Waals surface area (Å²) >= 11 is 0. The molecule has 0 aromatic heterocycles. The lowest BCUT2D eigenvalue weighted by Gasteiger charge is -2.22. The summed E-state index contributed by atoms with van der Waals surface area (Å²) in [5.41, 5.74) is 7.55. The van der Waals surface area contributed by atoms with Crippen LogP contribution in [0.15, 0.2) is 0 Å². The maximum atomic E-state index is 12.1. The number of ketones is 1. The van der Waals surface area contributed by atoms with Gasteiger partial charge in [0.15, 0.2) is 0 Å². The molecule has 16 heavy (non-hydrogen) atoms. The molecule has 0 aliphatic rings. The van der Waals surface area contributed by atoms with Gasteiger partial charge in [-0.25, -0.2) is 8.42 Å². The molecule has 0 spiro atoms. The van der Waals surface area contributed by atoms with Crippen molar-refractivity contribution in [3.8, 4) is 0 Å². The van der Waals surface area contributed by atoms with Gasteiger partial charge in [0.05, 0.1) is 4.75 Å². The van der Waals surface area contributed by atoms with Gasteiger partial charge in [-0.3, -0.25) is 4.79 Å². The van der Waals surface area contributed by atoms with Crippen LogP contribution in [0.5, 0.6) is 0 Å². The van der Waals surface area contributed by atoms with E-state index in [9.17, 15) is 13.2 Å². The Morgan fingerprint density at radius 1 is 1.12 bits per heavy atom. The standard InChI is InChI=1S/C10H18N2O3S/c1-7(13)10(5,6)8(12-11)16(14,15)9(2,3)4/h1-6H3. The van der Waals surface area contributed by atoms with Crippen LogP contribution in [0.2, 0.25) is 0 Å². The Bertz CT molecular complexity index is 449. The van der Waals surface area contributed by atoms with E-state index in [4.69, 9.17) is 5.53 Å². The van der Waals surface area contributed by atoms with Crippen LogP contribution in [0.3, 0.4) is 0 Å². The van der Waals surface area contributed by atoms with Gasteiger partial charge in [-0.1, -0.05) is 0 Å². The Kier molecular flexibility index (Phi) is 3.85. The van der Waals surface area contributed by atoms with Gasteiger partial charge < -0.3 is 5.53 Å². The van der Waals surface area contributed by atoms with E-state index in [2.05, 4.69) is 4.79 Å². The van der Waals surface area contributed by atoms with Gasteiger partial charge in [0, 0.05) is 0 Å². The molecule has 0 fully saturated rings. The second kappa shape index (κ2) is 4.11. The number of carbonyl (C=O) groups excluding carboxylic acids is 1. The van der Waals surface area contributed by atoms with Crippen molar-refractivity contribution in [3.05, 3.63) is 5.53 Å². The lowest BCUT2D eigenvalue weighted by atomic mass is 9.90. The highest BCUT2D eigenvalue weighted by Crippen LogP contribution is 2.28. The zero-order valence-electron chi connectivity index (χ0n) is 10.5. The first kappa shape index (κ1) is 15.0. The summed E-state index contributed by atoms with van der Waals surface area (Å²) in [6.07, 6.45) is 0. The highest BCUT2D eigenvalue weighted by Gasteiger charge is 2.51. The third-order valence-electron chi connectivity index (χ3n) is 2.57. The predicted octanol–water partition coefficient (Wildman–Crippen LogP) is 1.44. The second-order valence-electron chi connectivity index (χ2n) is 5.20. The number of carbonyl (C=O) groups is 1. The average Bonchev–Trinajstić information content (AvgIpc) is 2.01. The molecular formula is C10H18N2O3S. The van der Waals surface area contributed by atoms with E-state index >= 15 is 0 Å². The molecule has 0 heterocycles. The third kappa shape index (κ3) is 2.39. The van der Waals surface area contributed by atoms with Crippen LogP contribution in [0, 0.1) is 5.41 Å². The summed E-state index contributed by atoms with van der Waals surface area (Å²) in [7, 11) is -3.81. The van der Waals surface area contributed by atoms with Crippen LogP contribution >= 0.6 is 0 Å². The fourth-order valence-electron chi connectivity index (χ4n) is 0.955. The molecule has 5 nitrogen and oxygen atoms in total. The molecule has 0 bridgehead atoms. The topological polar surface area (TPSA) is 87.6 Å². The normalized spacial score (nSPS) is 13.1. The van der Waals surface area contributed by atoms with Gasteiger partial charge in [-0.2, -0.15) is 4.79 Å². The summed E-state index contributed by atoms with van der Waals surface area (Å²) in [6.45, 7) is 8.59. The number of hydrogen-bond donors (Lipinski definition) is 0. The van der Waals surface area contributed by atoms with Crippen LogP contribution in [-0.2, 0) is 14.6 Å². The molecule has 0 aliphatic carbocycles. The first-order valence-electron chi connectivity index (χ1n) is 4.87. The van der Waals surface area contributed by atoms with Gasteiger partial charge >= 0.3 is 5.04 Å². The molecule has 6 heteroatoms. The lowest BCUT2D eigenvalue weighted by molar-refractivity contribution is -0.123. The smallest absolute Gasteiger partial charge is 0.360 e. The summed E-state index contributed by atoms with van der Waals surface area (Å²) in [6, 6.07) is 0. The first-order valence-corrected chi connectivity index (χ1v) is 6.35. The van der Waals surface area contributed by atoms with Crippen molar-refractivity contribution < 1.29 is 18.0 Å². The van der Waals surface area contributed by atoms with E-state index in [1.807, 2.05) is 0 Å². The van der Waals surface area contributed by atoms with E-state index in [0.29, 0.717) is 0 Å². The van der Waals surface area contributed by atoms with Gasteiger partial charge in [0.25, 0.3) is 9.84 Å². The van der Waals surface area contributed by atoms with Crippen LogP contribution in [-0.4, -0.2) is 28.8 Å². The van der Waals surface area contributed by atoms with Crippen molar-refractivity contribution in [2.45, 2.75) is 46.3 Å². The van der Waals surface area contributed by atoms with Gasteiger partial charge in [0.2, 0.25) is 0 Å². The number of nitrogens with zero attached hydrogens (tertiary/aromatic N) is 2. The van der Waals surface area contributed by atoms with Crippen molar-refractivity contribution in [1.29, 1.82) is 0 Å². The maximum absolute atomic E-state index is 12.1. The first-order chi connectivity index (χ1) is 6.89. The minimum absolute atomic E-state index is 0.367. The van der Waals surface area contributed by atoms with E-state index in [1.165, 1.54) is 41.5 Å². The molecule has 0 unspecified atom stereocenters. The Balaban J connectivity index is 5.93. The van der Waals surface area contributed by atoms with E-state index in [0.717, 1.165) is 0 Å². The minimum Gasteiger partial charge on any atom is -0.360 e. The Morgan fingerprint density at radius 3 is 1.69 bits per heavy atom. The molecule has 0 atom stereocenters. The van der Waals surface area contributed by atoms with E-state index in [1.54, 1.807) is 0 Å². The van der Waals surface area contributed by atoms with Gasteiger partial charge in [-0.05, 0) is 41.5 Å². The van der Waals surface area contributed by atoms with Crippen molar-refractivity contribution in [1.82, 2.24) is 0 Å². The van der Waals surface area contributed by atoms with Gasteiger partial charge in [0.1, 0.15) is 11.2 Å². The fourth-order valence-corrected chi connectivity index (χ4v) is 2.46. The molecule has 0 N–H and O–H groups in total. The van der Waals surface area contributed by atoms with Crippen molar-refractivity contribution in [2.75, 3.05) is 0 Å². The van der Waals surface area contributed by atoms with Crippen LogP contribution in [0.1, 0.15) is 41.5 Å². The monoisotopic (exact) mass is 246 g/mol. The summed E-state index contributed by atoms with van der Waals surface area (Å²) in [4.78, 5) is 14.2. The molecule has 0 radical (unpaired) electrons. The second-order valence-corrected chi connectivity index (χ2v) is 7.82. The maximum Gasteiger partial charge on any atom is 0.394 e. The highest BCUT2D eigenvalue weighted by atomic mass is 32.2. The average molecular weight is 246 g/mol. The third-order valence-corrected chi connectivity index (χ3v) is 5.28. The summed E-state index contributed by atoms with van der Waals surface area (Å²) in [5.74, 6) is -0.367. The predicted molar refractivity (Wildman–Crippen MR) is 61.8 cm³/mol. The van der Waals surface area contributed by atoms with E-state index in [-0.39, 0.29) is 5.78 Å². The van der Waals surface area contributed by atoms with Crippen molar-refractivity contribution >= 4 is 20.7 Å².